The molecule has 23 heavy (non-hydrogen) atoms. The average molecular weight is 314 g/mol. The lowest BCUT2D eigenvalue weighted by molar-refractivity contribution is 0.0846. The number of benzene rings is 2. The van der Waals surface area contributed by atoms with Crippen LogP contribution in [0.2, 0.25) is 0 Å². The maximum Gasteiger partial charge on any atom is 0.269 e. The summed E-state index contributed by atoms with van der Waals surface area (Å²) in [7, 11) is 2.99. The van der Waals surface area contributed by atoms with Crippen LogP contribution >= 0.6 is 0 Å². The first kappa shape index (κ1) is 16.4. The van der Waals surface area contributed by atoms with Crippen LogP contribution in [0, 0.1) is 6.92 Å². The van der Waals surface area contributed by atoms with Gasteiger partial charge in [0.05, 0.1) is 14.2 Å². The lowest BCUT2D eigenvalue weighted by Gasteiger charge is -2.10. The Bertz CT molecular complexity index is 689. The van der Waals surface area contributed by atoms with Crippen molar-refractivity contribution in [3.8, 4) is 11.5 Å². The highest BCUT2D eigenvalue weighted by atomic mass is 16.5. The van der Waals surface area contributed by atoms with Gasteiger partial charge in [-0.2, -0.15) is 0 Å². The number of hydrogen-bond acceptors (Lipinski definition) is 4. The molecule has 0 unspecified atom stereocenters. The van der Waals surface area contributed by atoms with Crippen LogP contribution < -0.4 is 20.3 Å². The van der Waals surface area contributed by atoms with Gasteiger partial charge < -0.3 is 9.47 Å². The molecule has 0 aliphatic rings. The number of hydrogen-bond donors (Lipinski definition) is 2. The molecule has 2 N–H and O–H groups in total. The van der Waals surface area contributed by atoms with Gasteiger partial charge in [-0.1, -0.05) is 17.7 Å². The number of aryl methyl sites for hydroxylation is 1. The molecule has 0 bridgehead atoms. The van der Waals surface area contributed by atoms with Crippen LogP contribution in [0.1, 0.15) is 26.3 Å². The molecular formula is C17H18N2O4. The smallest absolute Gasteiger partial charge is 0.269 e. The van der Waals surface area contributed by atoms with E-state index in [-0.39, 0.29) is 0 Å². The summed E-state index contributed by atoms with van der Waals surface area (Å²) in [5, 5.41) is 0. The van der Waals surface area contributed by atoms with Crippen LogP contribution in [-0.2, 0) is 0 Å². The molecule has 6 nitrogen and oxygen atoms in total. The Morgan fingerprint density at radius 1 is 0.783 bits per heavy atom. The average Bonchev–Trinajstić information content (AvgIpc) is 2.59. The summed E-state index contributed by atoms with van der Waals surface area (Å²) in [5.41, 5.74) is 6.55. The quantitative estimate of drug-likeness (QED) is 0.847. The van der Waals surface area contributed by atoms with Gasteiger partial charge in [0.25, 0.3) is 11.8 Å². The SMILES string of the molecule is COc1cc(OC)cc(C(=O)NNC(=O)c2ccc(C)cc2)c1. The fourth-order valence-electron chi connectivity index (χ4n) is 1.90. The van der Waals surface area contributed by atoms with Gasteiger partial charge in [0.1, 0.15) is 11.5 Å². The maximum absolute atomic E-state index is 12.1. The molecule has 2 aromatic rings. The molecule has 0 radical (unpaired) electrons. The monoisotopic (exact) mass is 314 g/mol. The predicted octanol–water partition coefficient (Wildman–Crippen LogP) is 2.09. The number of carbonyl (C=O) groups excluding carboxylic acids is 2. The predicted molar refractivity (Wildman–Crippen MR) is 85.7 cm³/mol. The minimum Gasteiger partial charge on any atom is -0.497 e. The summed E-state index contributed by atoms with van der Waals surface area (Å²) in [6.07, 6.45) is 0. The van der Waals surface area contributed by atoms with E-state index in [4.69, 9.17) is 9.47 Å². The molecule has 0 fully saturated rings. The standard InChI is InChI=1S/C17H18N2O4/c1-11-4-6-12(7-5-11)16(20)18-19-17(21)13-8-14(22-2)10-15(9-13)23-3/h4-10H,1-3H3,(H,18,20)(H,19,21). The third-order valence-corrected chi connectivity index (χ3v) is 3.22. The van der Waals surface area contributed by atoms with E-state index in [1.165, 1.54) is 14.2 Å². The van der Waals surface area contributed by atoms with Gasteiger partial charge in [-0.3, -0.25) is 20.4 Å². The Balaban J connectivity index is 2.04. The van der Waals surface area contributed by atoms with E-state index in [0.29, 0.717) is 22.6 Å². The first-order valence-corrected chi connectivity index (χ1v) is 6.94. The van der Waals surface area contributed by atoms with Gasteiger partial charge in [0, 0.05) is 17.2 Å². The van der Waals surface area contributed by atoms with Gasteiger partial charge in [-0.15, -0.1) is 0 Å². The lowest BCUT2D eigenvalue weighted by Crippen LogP contribution is -2.41. The molecule has 6 heteroatoms. The largest absolute Gasteiger partial charge is 0.497 e. The number of methoxy groups -OCH3 is 2. The second kappa shape index (κ2) is 7.31. The summed E-state index contributed by atoms with van der Waals surface area (Å²) in [6.45, 7) is 1.93. The minimum absolute atomic E-state index is 0.311. The molecule has 0 saturated carbocycles. The Labute approximate surface area is 134 Å². The van der Waals surface area contributed by atoms with Gasteiger partial charge in [-0.05, 0) is 31.2 Å². The van der Waals surface area contributed by atoms with Gasteiger partial charge in [-0.25, -0.2) is 0 Å². The second-order valence-electron chi connectivity index (χ2n) is 4.88. The molecule has 2 rings (SSSR count). The van der Waals surface area contributed by atoms with Crippen molar-refractivity contribution in [2.45, 2.75) is 6.92 Å². The molecule has 2 amide bonds. The highest BCUT2D eigenvalue weighted by molar-refractivity contribution is 5.99. The first-order valence-electron chi connectivity index (χ1n) is 6.94. The molecule has 0 aliphatic carbocycles. The number of rotatable bonds is 4. The zero-order chi connectivity index (χ0) is 16.8. The van der Waals surface area contributed by atoms with Crippen molar-refractivity contribution in [2.24, 2.45) is 0 Å². The number of hydrazine groups is 1. The van der Waals surface area contributed by atoms with Crippen LogP contribution in [0.15, 0.2) is 42.5 Å². The Morgan fingerprint density at radius 2 is 1.26 bits per heavy atom. The van der Waals surface area contributed by atoms with Gasteiger partial charge in [0.2, 0.25) is 0 Å². The summed E-state index contributed by atoms with van der Waals surface area (Å²) in [4.78, 5) is 24.1. The van der Waals surface area contributed by atoms with E-state index in [0.717, 1.165) is 5.56 Å². The topological polar surface area (TPSA) is 76.7 Å². The number of carbonyl (C=O) groups is 2. The molecular weight excluding hydrogens is 296 g/mol. The number of amides is 2. The molecule has 0 aliphatic heterocycles. The van der Waals surface area contributed by atoms with Crippen LogP contribution in [0.3, 0.4) is 0 Å². The van der Waals surface area contributed by atoms with Crippen molar-refractivity contribution in [1.82, 2.24) is 10.9 Å². The number of ether oxygens (including phenoxy) is 2. The lowest BCUT2D eigenvalue weighted by atomic mass is 10.1. The maximum atomic E-state index is 12.1. The third kappa shape index (κ3) is 4.23. The molecule has 0 saturated heterocycles. The van der Waals surface area contributed by atoms with E-state index in [2.05, 4.69) is 10.9 Å². The number of nitrogens with one attached hydrogen (secondary N) is 2. The summed E-state index contributed by atoms with van der Waals surface area (Å²) in [6, 6.07) is 11.8. The first-order chi connectivity index (χ1) is 11.0. The molecule has 0 heterocycles. The second-order valence-corrected chi connectivity index (χ2v) is 4.88. The molecule has 120 valence electrons. The van der Waals surface area contributed by atoms with Crippen LogP contribution in [0.4, 0.5) is 0 Å². The van der Waals surface area contributed by atoms with Crippen LogP contribution in [-0.4, -0.2) is 26.0 Å². The van der Waals surface area contributed by atoms with E-state index >= 15 is 0 Å². The summed E-state index contributed by atoms with van der Waals surface area (Å²) in [5.74, 6) is 0.106. The molecule has 2 aromatic carbocycles. The highest BCUT2D eigenvalue weighted by Crippen LogP contribution is 2.22. The summed E-state index contributed by atoms with van der Waals surface area (Å²) >= 11 is 0. The van der Waals surface area contributed by atoms with Crippen molar-refractivity contribution in [3.05, 3.63) is 59.2 Å². The normalized spacial score (nSPS) is 9.87. The molecule has 0 atom stereocenters. The van der Waals surface area contributed by atoms with Gasteiger partial charge >= 0.3 is 0 Å². The van der Waals surface area contributed by atoms with E-state index < -0.39 is 11.8 Å². The Hall–Kier alpha value is -3.02. The van der Waals surface area contributed by atoms with Crippen molar-refractivity contribution < 1.29 is 19.1 Å². The zero-order valence-corrected chi connectivity index (χ0v) is 13.2. The van der Waals surface area contributed by atoms with E-state index in [1.807, 2.05) is 19.1 Å². The van der Waals surface area contributed by atoms with E-state index in [9.17, 15) is 9.59 Å². The van der Waals surface area contributed by atoms with Crippen molar-refractivity contribution in [3.63, 3.8) is 0 Å². The molecule has 0 spiro atoms. The van der Waals surface area contributed by atoms with Crippen LogP contribution in [0.25, 0.3) is 0 Å². The zero-order valence-electron chi connectivity index (χ0n) is 13.2. The van der Waals surface area contributed by atoms with Crippen LogP contribution in [0.5, 0.6) is 11.5 Å². The fraction of sp³-hybridized carbons (Fsp3) is 0.176. The van der Waals surface area contributed by atoms with Crippen molar-refractivity contribution in [1.29, 1.82) is 0 Å². The van der Waals surface area contributed by atoms with E-state index in [1.54, 1.807) is 30.3 Å². The van der Waals surface area contributed by atoms with Crippen molar-refractivity contribution in [2.75, 3.05) is 14.2 Å². The fourth-order valence-corrected chi connectivity index (χ4v) is 1.90. The van der Waals surface area contributed by atoms with Gasteiger partial charge in [0.15, 0.2) is 0 Å². The van der Waals surface area contributed by atoms with Crippen molar-refractivity contribution >= 4 is 11.8 Å². The Kier molecular flexibility index (Phi) is 5.19. The third-order valence-electron chi connectivity index (χ3n) is 3.22. The minimum atomic E-state index is -0.470. The Morgan fingerprint density at radius 3 is 1.74 bits per heavy atom. The highest BCUT2D eigenvalue weighted by Gasteiger charge is 2.11. The summed E-state index contributed by atoms with van der Waals surface area (Å²) < 4.78 is 10.2. The molecule has 0 aromatic heterocycles.